The predicted octanol–water partition coefficient (Wildman–Crippen LogP) is -1.72. The summed E-state index contributed by atoms with van der Waals surface area (Å²) in [5, 5.41) is 9.88. The molecule has 1 aromatic heterocycles. The zero-order valence-electron chi connectivity index (χ0n) is 9.19. The molecule has 16 heavy (non-hydrogen) atoms. The zero-order valence-corrected chi connectivity index (χ0v) is 9.19. The molecule has 0 radical (unpaired) electrons. The topological polar surface area (TPSA) is 81.0 Å². The van der Waals surface area contributed by atoms with Crippen LogP contribution in [0.25, 0.3) is 0 Å². The number of fused-ring (bicyclic) bond motifs is 1. The number of nitrogens with one attached hydrogen (secondary N) is 2. The summed E-state index contributed by atoms with van der Waals surface area (Å²) in [5.74, 6) is 0.508. The van der Waals surface area contributed by atoms with E-state index in [0.717, 1.165) is 6.54 Å². The summed E-state index contributed by atoms with van der Waals surface area (Å²) in [4.78, 5) is 23.2. The van der Waals surface area contributed by atoms with E-state index in [0.29, 0.717) is 25.5 Å². The first-order valence-electron chi connectivity index (χ1n) is 5.36. The molecule has 0 atom stereocenters. The number of amides is 1. The molecule has 7 nitrogen and oxygen atoms in total. The van der Waals surface area contributed by atoms with Crippen molar-refractivity contribution in [2.75, 3.05) is 13.1 Å². The second-order valence-corrected chi connectivity index (χ2v) is 3.64. The lowest BCUT2D eigenvalue weighted by atomic mass is 10.4. The predicted molar refractivity (Wildman–Crippen MR) is 56.9 cm³/mol. The van der Waals surface area contributed by atoms with Crippen LogP contribution in [0, 0.1) is 0 Å². The molecule has 2 rings (SSSR count). The van der Waals surface area contributed by atoms with Crippen molar-refractivity contribution in [3.05, 3.63) is 16.3 Å². The highest BCUT2D eigenvalue weighted by Gasteiger charge is 2.17. The standard InChI is InChI=1S/C9H15N5O2/c1-2-11-8(15)6-14-9(16)13-4-3-10-5-7(13)12-14/h10H,2-6H2,1H3,(H,11,15). The van der Waals surface area contributed by atoms with Crippen LogP contribution in [-0.2, 0) is 24.4 Å². The maximum absolute atomic E-state index is 11.8. The fraction of sp³-hybridized carbons (Fsp3) is 0.667. The molecule has 2 N–H and O–H groups in total. The minimum absolute atomic E-state index is 0.00727. The van der Waals surface area contributed by atoms with E-state index in [1.807, 2.05) is 6.92 Å². The van der Waals surface area contributed by atoms with Gasteiger partial charge in [0.1, 0.15) is 12.4 Å². The maximum atomic E-state index is 11.8. The van der Waals surface area contributed by atoms with Gasteiger partial charge in [0.15, 0.2) is 0 Å². The number of carbonyl (C=O) groups excluding carboxylic acids is 1. The first-order chi connectivity index (χ1) is 7.72. The van der Waals surface area contributed by atoms with Crippen LogP contribution >= 0.6 is 0 Å². The lowest BCUT2D eigenvalue weighted by Crippen LogP contribution is -2.36. The van der Waals surface area contributed by atoms with Gasteiger partial charge < -0.3 is 10.6 Å². The molecule has 7 heteroatoms. The van der Waals surface area contributed by atoms with Gasteiger partial charge in [-0.1, -0.05) is 0 Å². The van der Waals surface area contributed by atoms with E-state index in [4.69, 9.17) is 0 Å². The van der Waals surface area contributed by atoms with E-state index < -0.39 is 0 Å². The number of nitrogens with zero attached hydrogens (tertiary/aromatic N) is 3. The van der Waals surface area contributed by atoms with E-state index in [1.54, 1.807) is 4.57 Å². The van der Waals surface area contributed by atoms with E-state index >= 15 is 0 Å². The molecule has 0 spiro atoms. The van der Waals surface area contributed by atoms with Gasteiger partial charge in [-0.15, -0.1) is 0 Å². The van der Waals surface area contributed by atoms with Crippen LogP contribution in [0.15, 0.2) is 4.79 Å². The van der Waals surface area contributed by atoms with Gasteiger partial charge in [-0.2, -0.15) is 5.10 Å². The fourth-order valence-electron chi connectivity index (χ4n) is 1.72. The van der Waals surface area contributed by atoms with Crippen molar-refractivity contribution >= 4 is 5.91 Å². The molecular weight excluding hydrogens is 210 g/mol. The van der Waals surface area contributed by atoms with Gasteiger partial charge in [0.25, 0.3) is 0 Å². The fourth-order valence-corrected chi connectivity index (χ4v) is 1.72. The van der Waals surface area contributed by atoms with Crippen molar-refractivity contribution in [3.8, 4) is 0 Å². The Bertz CT molecular complexity index is 447. The van der Waals surface area contributed by atoms with Crippen LogP contribution in [0.4, 0.5) is 0 Å². The van der Waals surface area contributed by atoms with Crippen molar-refractivity contribution in [2.45, 2.75) is 26.6 Å². The summed E-state index contributed by atoms with van der Waals surface area (Å²) >= 11 is 0. The minimum atomic E-state index is -0.206. The summed E-state index contributed by atoms with van der Waals surface area (Å²) in [7, 11) is 0. The van der Waals surface area contributed by atoms with E-state index in [9.17, 15) is 9.59 Å². The number of carbonyl (C=O) groups is 1. The molecule has 0 aromatic carbocycles. The minimum Gasteiger partial charge on any atom is -0.355 e. The Balaban J connectivity index is 2.19. The maximum Gasteiger partial charge on any atom is 0.346 e. The van der Waals surface area contributed by atoms with E-state index in [2.05, 4.69) is 15.7 Å². The third-order valence-corrected chi connectivity index (χ3v) is 2.46. The molecule has 0 aliphatic carbocycles. The highest BCUT2D eigenvalue weighted by molar-refractivity contribution is 5.75. The average Bonchev–Trinajstić information content (AvgIpc) is 2.57. The molecule has 0 saturated heterocycles. The SMILES string of the molecule is CCNC(=O)Cn1nc2n(c1=O)CCNC2. The van der Waals surface area contributed by atoms with E-state index in [-0.39, 0.29) is 18.1 Å². The number of rotatable bonds is 3. The molecule has 0 saturated carbocycles. The second kappa shape index (κ2) is 4.48. The van der Waals surface area contributed by atoms with Gasteiger partial charge in [-0.05, 0) is 6.92 Å². The summed E-state index contributed by atoms with van der Waals surface area (Å²) in [5.41, 5.74) is -0.206. The first kappa shape index (κ1) is 10.9. The van der Waals surface area contributed by atoms with Gasteiger partial charge in [0, 0.05) is 19.6 Å². The normalized spacial score (nSPS) is 14.6. The summed E-state index contributed by atoms with van der Waals surface area (Å²) in [6.45, 7) is 4.35. The Labute approximate surface area is 92.4 Å². The zero-order chi connectivity index (χ0) is 11.5. The number of likely N-dealkylation sites (N-methyl/N-ethyl adjacent to an activating group) is 1. The summed E-state index contributed by atoms with van der Waals surface area (Å²) < 4.78 is 2.82. The van der Waals surface area contributed by atoms with Crippen molar-refractivity contribution in [1.82, 2.24) is 25.0 Å². The molecule has 0 fully saturated rings. The molecule has 1 aliphatic rings. The molecule has 0 bridgehead atoms. The molecule has 1 aliphatic heterocycles. The molecule has 1 amide bonds. The van der Waals surface area contributed by atoms with Crippen LogP contribution < -0.4 is 16.3 Å². The van der Waals surface area contributed by atoms with Gasteiger partial charge in [0.2, 0.25) is 5.91 Å². The highest BCUT2D eigenvalue weighted by atomic mass is 16.2. The lowest BCUT2D eigenvalue weighted by Gasteiger charge is -2.11. The van der Waals surface area contributed by atoms with Crippen molar-refractivity contribution < 1.29 is 4.79 Å². The average molecular weight is 225 g/mol. The van der Waals surface area contributed by atoms with Gasteiger partial charge in [0.05, 0.1) is 6.54 Å². The Hall–Kier alpha value is -1.63. The van der Waals surface area contributed by atoms with Crippen molar-refractivity contribution in [3.63, 3.8) is 0 Å². The van der Waals surface area contributed by atoms with Crippen LogP contribution in [0.1, 0.15) is 12.7 Å². The Kier molecular flexibility index (Phi) is 3.04. The lowest BCUT2D eigenvalue weighted by molar-refractivity contribution is -0.121. The van der Waals surface area contributed by atoms with Crippen molar-refractivity contribution in [1.29, 1.82) is 0 Å². The number of hydrogen-bond acceptors (Lipinski definition) is 4. The van der Waals surface area contributed by atoms with Crippen LogP contribution in [0.2, 0.25) is 0 Å². The number of hydrogen-bond donors (Lipinski definition) is 2. The monoisotopic (exact) mass is 225 g/mol. The van der Waals surface area contributed by atoms with Crippen molar-refractivity contribution in [2.24, 2.45) is 0 Å². The Morgan fingerprint density at radius 1 is 1.62 bits per heavy atom. The molecule has 88 valence electrons. The van der Waals surface area contributed by atoms with Crippen LogP contribution in [-0.4, -0.2) is 33.3 Å². The quantitative estimate of drug-likeness (QED) is 0.641. The molecule has 2 heterocycles. The summed E-state index contributed by atoms with van der Waals surface area (Å²) in [6, 6.07) is 0. The second-order valence-electron chi connectivity index (χ2n) is 3.64. The third kappa shape index (κ3) is 1.99. The summed E-state index contributed by atoms with van der Waals surface area (Å²) in [6.07, 6.45) is 0. The molecule has 1 aromatic rings. The molecule has 0 unspecified atom stereocenters. The Morgan fingerprint density at radius 2 is 2.44 bits per heavy atom. The number of aromatic nitrogens is 3. The largest absolute Gasteiger partial charge is 0.355 e. The Morgan fingerprint density at radius 3 is 3.12 bits per heavy atom. The van der Waals surface area contributed by atoms with Crippen LogP contribution in [0.5, 0.6) is 0 Å². The smallest absolute Gasteiger partial charge is 0.346 e. The highest BCUT2D eigenvalue weighted by Crippen LogP contribution is 1.97. The van der Waals surface area contributed by atoms with Crippen LogP contribution in [0.3, 0.4) is 0 Å². The van der Waals surface area contributed by atoms with Gasteiger partial charge in [-0.25, -0.2) is 9.48 Å². The van der Waals surface area contributed by atoms with E-state index in [1.165, 1.54) is 4.68 Å². The van der Waals surface area contributed by atoms with Gasteiger partial charge >= 0.3 is 5.69 Å². The van der Waals surface area contributed by atoms with Gasteiger partial charge in [-0.3, -0.25) is 9.36 Å². The first-order valence-corrected chi connectivity index (χ1v) is 5.36. The third-order valence-electron chi connectivity index (χ3n) is 2.46. The molecular formula is C9H15N5O2.